The number of oxazole rings is 1. The highest BCUT2D eigenvalue weighted by Crippen LogP contribution is 2.12. The molecule has 1 aromatic heterocycles. The first-order valence-electron chi connectivity index (χ1n) is 7.14. The second-order valence-corrected chi connectivity index (χ2v) is 5.02. The van der Waals surface area contributed by atoms with Crippen LogP contribution in [0.1, 0.15) is 11.5 Å². The van der Waals surface area contributed by atoms with Crippen molar-refractivity contribution in [2.45, 2.75) is 12.8 Å². The van der Waals surface area contributed by atoms with Crippen molar-refractivity contribution in [1.29, 1.82) is 0 Å². The normalized spacial score (nSPS) is 10.7. The Morgan fingerprint density at radius 3 is 2.59 bits per heavy atom. The summed E-state index contributed by atoms with van der Waals surface area (Å²) in [7, 11) is 0. The fourth-order valence-corrected chi connectivity index (χ4v) is 2.32. The summed E-state index contributed by atoms with van der Waals surface area (Å²) in [5, 5.41) is 14.8. The predicted molar refractivity (Wildman–Crippen MR) is 82.0 cm³/mol. The van der Waals surface area contributed by atoms with Crippen LogP contribution in [0.3, 0.4) is 0 Å². The van der Waals surface area contributed by atoms with Crippen molar-refractivity contribution < 1.29 is 13.9 Å². The maximum absolute atomic E-state index is 12.0. The third-order valence-corrected chi connectivity index (χ3v) is 3.41. The van der Waals surface area contributed by atoms with Crippen LogP contribution in [0.25, 0.3) is 11.1 Å². The van der Waals surface area contributed by atoms with Gasteiger partial charge in [-0.3, -0.25) is 4.79 Å². The van der Waals surface area contributed by atoms with Crippen molar-refractivity contribution in [3.63, 3.8) is 0 Å². The summed E-state index contributed by atoms with van der Waals surface area (Å²) in [6.07, 6.45) is 0.692. The Labute approximate surface area is 127 Å². The topological polar surface area (TPSA) is 69.2 Å². The van der Waals surface area contributed by atoms with E-state index >= 15 is 0 Å². The lowest BCUT2D eigenvalue weighted by molar-refractivity contribution is -0.592. The molecule has 22 heavy (non-hydrogen) atoms. The highest BCUT2D eigenvalue weighted by Gasteiger charge is 2.17. The molecule has 1 amide bonds. The number of nitrogens with zero attached hydrogens (tertiary/aromatic N) is 1. The first kappa shape index (κ1) is 14.1. The molecule has 0 saturated heterocycles. The van der Waals surface area contributed by atoms with Crippen LogP contribution in [0, 0.1) is 5.21 Å². The first-order chi connectivity index (χ1) is 10.7. The second-order valence-electron chi connectivity index (χ2n) is 5.02. The van der Waals surface area contributed by atoms with Crippen LogP contribution in [0.4, 0.5) is 0 Å². The summed E-state index contributed by atoms with van der Waals surface area (Å²) in [6.45, 7) is 0.369. The standard InChI is InChI=1S/C17H16N2O3/c20-16(12-13-6-2-1-3-7-13)18-11-10-17-19(21)14-8-4-5-9-15(14)22-17/h1-9H,10-12H2,(H,18,20). The van der Waals surface area contributed by atoms with Crippen LogP contribution in [-0.2, 0) is 17.6 Å². The minimum Gasteiger partial charge on any atom is -0.616 e. The third-order valence-electron chi connectivity index (χ3n) is 3.41. The van der Waals surface area contributed by atoms with Crippen LogP contribution < -0.4 is 10.0 Å². The van der Waals surface area contributed by atoms with Crippen LogP contribution in [0.15, 0.2) is 59.0 Å². The number of nitrogens with one attached hydrogen (secondary N) is 1. The summed E-state index contributed by atoms with van der Waals surface area (Å²) in [5.41, 5.74) is 2.03. The van der Waals surface area contributed by atoms with Gasteiger partial charge in [0.2, 0.25) is 11.5 Å². The molecule has 3 aromatic rings. The molecular weight excluding hydrogens is 280 g/mol. The molecule has 112 valence electrons. The molecule has 2 aromatic carbocycles. The summed E-state index contributed by atoms with van der Waals surface area (Å²) < 4.78 is 6.27. The monoisotopic (exact) mass is 296 g/mol. The zero-order chi connectivity index (χ0) is 15.4. The lowest BCUT2D eigenvalue weighted by atomic mass is 10.1. The third kappa shape index (κ3) is 3.09. The Bertz CT molecular complexity index is 781. The van der Waals surface area contributed by atoms with Crippen molar-refractivity contribution >= 4 is 17.0 Å². The Kier molecular flexibility index (Phi) is 4.05. The zero-order valence-electron chi connectivity index (χ0n) is 12.0. The van der Waals surface area contributed by atoms with Crippen LogP contribution >= 0.6 is 0 Å². The van der Waals surface area contributed by atoms with Gasteiger partial charge < -0.3 is 14.9 Å². The predicted octanol–water partition coefficient (Wildman–Crippen LogP) is 1.97. The molecule has 1 heterocycles. The minimum atomic E-state index is -0.0697. The van der Waals surface area contributed by atoms with Crippen molar-refractivity contribution in [1.82, 2.24) is 5.32 Å². The van der Waals surface area contributed by atoms with Gasteiger partial charge in [-0.05, 0) is 11.6 Å². The smallest absolute Gasteiger partial charge is 0.361 e. The lowest BCUT2D eigenvalue weighted by Crippen LogP contribution is -2.33. The van der Waals surface area contributed by atoms with E-state index in [2.05, 4.69) is 5.32 Å². The number of hydrogen-bond donors (Lipinski definition) is 1. The summed E-state index contributed by atoms with van der Waals surface area (Å²) in [5.74, 6) is 0.237. The number of carbonyl (C=O) groups is 1. The van der Waals surface area contributed by atoms with Gasteiger partial charge in [-0.2, -0.15) is 0 Å². The van der Waals surface area contributed by atoms with Gasteiger partial charge in [0, 0.05) is 12.6 Å². The number of para-hydroxylation sites is 2. The van der Waals surface area contributed by atoms with Gasteiger partial charge in [-0.1, -0.05) is 42.5 Å². The highest BCUT2D eigenvalue weighted by atomic mass is 16.5. The zero-order valence-corrected chi connectivity index (χ0v) is 12.0. The van der Waals surface area contributed by atoms with E-state index in [1.165, 1.54) is 0 Å². The van der Waals surface area contributed by atoms with E-state index in [0.717, 1.165) is 10.3 Å². The Morgan fingerprint density at radius 2 is 1.82 bits per heavy atom. The van der Waals surface area contributed by atoms with E-state index in [4.69, 9.17) is 4.42 Å². The van der Waals surface area contributed by atoms with E-state index in [1.807, 2.05) is 36.4 Å². The molecule has 3 rings (SSSR count). The van der Waals surface area contributed by atoms with E-state index in [1.54, 1.807) is 18.2 Å². The first-order valence-corrected chi connectivity index (χ1v) is 7.14. The lowest BCUT2D eigenvalue weighted by Gasteiger charge is -2.03. The van der Waals surface area contributed by atoms with Gasteiger partial charge in [0.05, 0.1) is 12.8 Å². The Balaban J connectivity index is 1.56. The van der Waals surface area contributed by atoms with Gasteiger partial charge in [-0.25, -0.2) is 0 Å². The van der Waals surface area contributed by atoms with Gasteiger partial charge in [0.25, 0.3) is 5.52 Å². The number of amides is 1. The molecule has 0 aliphatic heterocycles. The summed E-state index contributed by atoms with van der Waals surface area (Å²) in [4.78, 5) is 11.8. The Morgan fingerprint density at radius 1 is 1.09 bits per heavy atom. The van der Waals surface area contributed by atoms with E-state index in [-0.39, 0.29) is 5.91 Å². The van der Waals surface area contributed by atoms with Crippen molar-refractivity contribution in [2.75, 3.05) is 6.54 Å². The molecule has 5 nitrogen and oxygen atoms in total. The highest BCUT2D eigenvalue weighted by molar-refractivity contribution is 5.78. The molecule has 5 heteroatoms. The quantitative estimate of drug-likeness (QED) is 0.578. The average Bonchev–Trinajstić information content (AvgIpc) is 2.85. The molecule has 0 aliphatic carbocycles. The summed E-state index contributed by atoms with van der Waals surface area (Å²) in [6, 6.07) is 16.6. The Hall–Kier alpha value is -2.82. The maximum atomic E-state index is 12.0. The van der Waals surface area contributed by atoms with Crippen molar-refractivity contribution in [3.8, 4) is 0 Å². The molecule has 0 spiro atoms. The van der Waals surface area contributed by atoms with E-state index in [9.17, 15) is 10.0 Å². The van der Waals surface area contributed by atoms with Crippen molar-refractivity contribution in [2.24, 2.45) is 0 Å². The van der Waals surface area contributed by atoms with E-state index in [0.29, 0.717) is 36.4 Å². The van der Waals surface area contributed by atoms with Gasteiger partial charge in [0.1, 0.15) is 0 Å². The molecule has 0 aliphatic rings. The fraction of sp³-hybridized carbons (Fsp3) is 0.176. The SMILES string of the molecule is O=C(Cc1ccccc1)NCCc1oc2ccccc2[n+]1[O-]. The fourth-order valence-electron chi connectivity index (χ4n) is 2.32. The molecule has 1 N–H and O–H groups in total. The molecule has 0 saturated carbocycles. The van der Waals surface area contributed by atoms with Crippen LogP contribution in [-0.4, -0.2) is 12.5 Å². The van der Waals surface area contributed by atoms with Crippen molar-refractivity contribution in [3.05, 3.63) is 71.3 Å². The van der Waals surface area contributed by atoms with Crippen LogP contribution in [0.2, 0.25) is 0 Å². The maximum Gasteiger partial charge on any atom is 0.361 e. The van der Waals surface area contributed by atoms with E-state index < -0.39 is 0 Å². The van der Waals surface area contributed by atoms with Gasteiger partial charge in [0.15, 0.2) is 0 Å². The molecule has 0 bridgehead atoms. The van der Waals surface area contributed by atoms with Crippen LogP contribution in [0.5, 0.6) is 0 Å². The largest absolute Gasteiger partial charge is 0.616 e. The number of carbonyl (C=O) groups excluding carboxylic acids is 1. The molecular formula is C17H16N2O3. The molecule has 0 fully saturated rings. The number of benzene rings is 2. The summed E-state index contributed by atoms with van der Waals surface area (Å²) >= 11 is 0. The van der Waals surface area contributed by atoms with Gasteiger partial charge in [-0.15, -0.1) is 4.73 Å². The number of rotatable bonds is 5. The minimum absolute atomic E-state index is 0.0697. The molecule has 0 radical (unpaired) electrons. The number of fused-ring (bicyclic) bond motifs is 1. The number of hydrogen-bond acceptors (Lipinski definition) is 3. The molecule has 0 unspecified atom stereocenters. The second kappa shape index (κ2) is 6.30. The van der Waals surface area contributed by atoms with Gasteiger partial charge >= 0.3 is 5.89 Å². The number of aromatic nitrogens is 1. The molecule has 0 atom stereocenters. The average molecular weight is 296 g/mol.